The number of benzene rings is 1. The number of carbonyl (C=O) groups is 1. The molecule has 2 rings (SSSR count). The highest BCUT2D eigenvalue weighted by atomic mass is 35.5. The van der Waals surface area contributed by atoms with E-state index in [4.69, 9.17) is 21.4 Å². The van der Waals surface area contributed by atoms with E-state index in [0.717, 1.165) is 12.8 Å². The minimum atomic E-state index is -0.890. The molecule has 0 aliphatic heterocycles. The Bertz CT molecular complexity index is 512. The number of aliphatic carboxylic acids is 1. The van der Waals surface area contributed by atoms with E-state index < -0.39 is 11.8 Å². The van der Waals surface area contributed by atoms with E-state index in [-0.39, 0.29) is 24.0 Å². The zero-order valence-corrected chi connectivity index (χ0v) is 11.6. The summed E-state index contributed by atoms with van der Waals surface area (Å²) in [5.74, 6) is -1.26. The highest BCUT2D eigenvalue weighted by Crippen LogP contribution is 2.49. The summed E-state index contributed by atoms with van der Waals surface area (Å²) in [5, 5.41) is 9.36. The maximum absolute atomic E-state index is 13.9. The van der Waals surface area contributed by atoms with Crippen molar-refractivity contribution < 1.29 is 19.0 Å². The first-order valence-corrected chi connectivity index (χ1v) is 6.57. The van der Waals surface area contributed by atoms with Gasteiger partial charge in [-0.25, -0.2) is 4.39 Å². The van der Waals surface area contributed by atoms with E-state index in [2.05, 4.69) is 0 Å². The lowest BCUT2D eigenvalue weighted by molar-refractivity contribution is -0.137. The summed E-state index contributed by atoms with van der Waals surface area (Å²) in [6.07, 6.45) is 1.91. The molecule has 104 valence electrons. The molecule has 1 aliphatic carbocycles. The normalized spacial score (nSPS) is 16.2. The quantitative estimate of drug-likeness (QED) is 0.896. The van der Waals surface area contributed by atoms with Gasteiger partial charge >= 0.3 is 5.97 Å². The Morgan fingerprint density at radius 1 is 1.63 bits per heavy atom. The smallest absolute Gasteiger partial charge is 0.303 e. The third kappa shape index (κ3) is 2.84. The van der Waals surface area contributed by atoms with Crippen LogP contribution >= 0.6 is 11.6 Å². The van der Waals surface area contributed by atoms with Gasteiger partial charge in [-0.2, -0.15) is 0 Å². The van der Waals surface area contributed by atoms with Crippen LogP contribution in [0.15, 0.2) is 6.07 Å². The number of ether oxygens (including phenoxy) is 1. The van der Waals surface area contributed by atoms with Crippen molar-refractivity contribution in [2.75, 3.05) is 7.11 Å². The van der Waals surface area contributed by atoms with E-state index in [1.54, 1.807) is 6.92 Å². The summed E-state index contributed by atoms with van der Waals surface area (Å²) in [6, 6.07) is 1.21. The fraction of sp³-hybridized carbons (Fsp3) is 0.500. The van der Waals surface area contributed by atoms with Crippen LogP contribution in [0.25, 0.3) is 0 Å². The van der Waals surface area contributed by atoms with Crippen molar-refractivity contribution in [3.05, 3.63) is 28.0 Å². The second-order valence-corrected chi connectivity index (χ2v) is 5.36. The Kier molecular flexibility index (Phi) is 3.99. The molecule has 0 aromatic heterocycles. The first kappa shape index (κ1) is 14.1. The van der Waals surface area contributed by atoms with Crippen molar-refractivity contribution in [2.45, 2.75) is 32.1 Å². The van der Waals surface area contributed by atoms with Gasteiger partial charge in [0.05, 0.1) is 13.5 Å². The molecule has 0 bridgehead atoms. The van der Waals surface area contributed by atoms with Gasteiger partial charge < -0.3 is 9.84 Å². The molecule has 1 atom stereocenters. The highest BCUT2D eigenvalue weighted by molar-refractivity contribution is 6.31. The largest absolute Gasteiger partial charge is 0.493 e. The van der Waals surface area contributed by atoms with Crippen LogP contribution in [0, 0.1) is 18.7 Å². The van der Waals surface area contributed by atoms with Gasteiger partial charge in [0.1, 0.15) is 0 Å². The van der Waals surface area contributed by atoms with Gasteiger partial charge in [-0.3, -0.25) is 4.79 Å². The molecule has 19 heavy (non-hydrogen) atoms. The number of halogens is 2. The lowest BCUT2D eigenvalue weighted by atomic mass is 9.87. The maximum atomic E-state index is 13.9. The van der Waals surface area contributed by atoms with Crippen LogP contribution in [0.1, 0.15) is 36.3 Å². The first-order valence-electron chi connectivity index (χ1n) is 6.20. The number of carboxylic acid groups (broad SMARTS) is 1. The van der Waals surface area contributed by atoms with E-state index >= 15 is 0 Å². The standard InChI is InChI=1S/C14H16ClFO3/c1-7-10(15)6-11(16)14(19-2)13(7)9(5-12(17)18)8-3-4-8/h6,8-9H,3-5H2,1-2H3,(H,17,18). The summed E-state index contributed by atoms with van der Waals surface area (Å²) < 4.78 is 19.0. The number of hydrogen-bond acceptors (Lipinski definition) is 2. The van der Waals surface area contributed by atoms with E-state index in [1.807, 2.05) is 0 Å². The van der Waals surface area contributed by atoms with Gasteiger partial charge in [-0.1, -0.05) is 11.6 Å². The predicted octanol–water partition coefficient (Wildman–Crippen LogP) is 3.76. The molecule has 1 aliphatic rings. The summed E-state index contributed by atoms with van der Waals surface area (Å²) >= 11 is 6.01. The van der Waals surface area contributed by atoms with Crippen LogP contribution in [0.4, 0.5) is 4.39 Å². The van der Waals surface area contributed by atoms with Crippen molar-refractivity contribution in [2.24, 2.45) is 5.92 Å². The van der Waals surface area contributed by atoms with Crippen LogP contribution in [-0.4, -0.2) is 18.2 Å². The molecule has 0 amide bonds. The van der Waals surface area contributed by atoms with Crippen LogP contribution in [-0.2, 0) is 4.79 Å². The number of methoxy groups -OCH3 is 1. The Morgan fingerprint density at radius 3 is 2.74 bits per heavy atom. The van der Waals surface area contributed by atoms with E-state index in [0.29, 0.717) is 16.1 Å². The molecule has 0 heterocycles. The number of carboxylic acids is 1. The van der Waals surface area contributed by atoms with Crippen molar-refractivity contribution in [1.82, 2.24) is 0 Å². The summed E-state index contributed by atoms with van der Waals surface area (Å²) in [4.78, 5) is 11.0. The van der Waals surface area contributed by atoms with Gasteiger partial charge in [0.15, 0.2) is 11.6 Å². The topological polar surface area (TPSA) is 46.5 Å². The first-order chi connectivity index (χ1) is 8.95. The van der Waals surface area contributed by atoms with Gasteiger partial charge in [0.2, 0.25) is 0 Å². The average molecular weight is 287 g/mol. The summed E-state index contributed by atoms with van der Waals surface area (Å²) in [7, 11) is 1.39. The Morgan fingerprint density at radius 2 is 2.26 bits per heavy atom. The zero-order chi connectivity index (χ0) is 14.2. The van der Waals surface area contributed by atoms with Crippen molar-refractivity contribution in [1.29, 1.82) is 0 Å². The van der Waals surface area contributed by atoms with E-state index in [9.17, 15) is 9.18 Å². The molecule has 1 unspecified atom stereocenters. The minimum absolute atomic E-state index is 0.0261. The molecule has 1 aromatic rings. The van der Waals surface area contributed by atoms with Crippen LogP contribution in [0.3, 0.4) is 0 Å². The van der Waals surface area contributed by atoms with Gasteiger partial charge in [-0.15, -0.1) is 0 Å². The molecule has 0 saturated heterocycles. The molecule has 0 radical (unpaired) electrons. The molecule has 1 N–H and O–H groups in total. The summed E-state index contributed by atoms with van der Waals surface area (Å²) in [6.45, 7) is 1.77. The molecular weight excluding hydrogens is 271 g/mol. The third-order valence-electron chi connectivity index (χ3n) is 3.64. The fourth-order valence-electron chi connectivity index (χ4n) is 2.56. The molecule has 1 aromatic carbocycles. The van der Waals surface area contributed by atoms with Crippen molar-refractivity contribution in [3.8, 4) is 5.75 Å². The van der Waals surface area contributed by atoms with Gasteiger partial charge in [-0.05, 0) is 37.3 Å². The zero-order valence-electron chi connectivity index (χ0n) is 10.9. The van der Waals surface area contributed by atoms with Crippen molar-refractivity contribution >= 4 is 17.6 Å². The monoisotopic (exact) mass is 286 g/mol. The van der Waals surface area contributed by atoms with Gasteiger partial charge in [0, 0.05) is 16.5 Å². The van der Waals surface area contributed by atoms with Crippen LogP contribution < -0.4 is 4.74 Å². The summed E-state index contributed by atoms with van der Waals surface area (Å²) in [5.41, 5.74) is 1.32. The number of rotatable bonds is 5. The van der Waals surface area contributed by atoms with Crippen LogP contribution in [0.5, 0.6) is 5.75 Å². The second-order valence-electron chi connectivity index (χ2n) is 4.95. The minimum Gasteiger partial charge on any atom is -0.493 e. The fourth-order valence-corrected chi connectivity index (χ4v) is 2.76. The average Bonchev–Trinajstić information content (AvgIpc) is 3.14. The van der Waals surface area contributed by atoms with Crippen molar-refractivity contribution in [3.63, 3.8) is 0 Å². The molecule has 1 saturated carbocycles. The lowest BCUT2D eigenvalue weighted by Crippen LogP contribution is -2.12. The second kappa shape index (κ2) is 5.37. The molecule has 0 spiro atoms. The van der Waals surface area contributed by atoms with Gasteiger partial charge in [0.25, 0.3) is 0 Å². The Labute approximate surface area is 116 Å². The third-order valence-corrected chi connectivity index (χ3v) is 4.03. The Balaban J connectivity index is 2.53. The Hall–Kier alpha value is -1.29. The van der Waals surface area contributed by atoms with E-state index in [1.165, 1.54) is 13.2 Å². The lowest BCUT2D eigenvalue weighted by Gasteiger charge is -2.21. The van der Waals surface area contributed by atoms with Crippen LogP contribution in [0.2, 0.25) is 5.02 Å². The predicted molar refractivity (Wildman–Crippen MR) is 70.4 cm³/mol. The maximum Gasteiger partial charge on any atom is 0.303 e. The molecule has 1 fully saturated rings. The number of hydrogen-bond donors (Lipinski definition) is 1. The molecule has 5 heteroatoms. The SMILES string of the molecule is COc1c(F)cc(Cl)c(C)c1C(CC(=O)O)C1CC1. The highest BCUT2D eigenvalue weighted by Gasteiger charge is 2.37. The molecular formula is C14H16ClFO3. The molecule has 3 nitrogen and oxygen atoms in total.